The molecule has 0 bridgehead atoms. The molecule has 2 amide bonds. The zero-order valence-electron chi connectivity index (χ0n) is 25.5. The minimum Gasteiger partial charge on any atom is -0.462 e. The number of carbonyl (C=O) groups excluding carboxylic acids is 2. The Morgan fingerprint density at radius 3 is 2.67 bits per heavy atom. The van der Waals surface area contributed by atoms with Crippen LogP contribution in [0.25, 0.3) is 17.0 Å². The second-order valence-electron chi connectivity index (χ2n) is 12.7. The number of anilines is 1. The quantitative estimate of drug-likeness (QED) is 0.403. The van der Waals surface area contributed by atoms with Crippen molar-refractivity contribution in [1.82, 2.24) is 14.8 Å². The van der Waals surface area contributed by atoms with Crippen molar-refractivity contribution in [2.45, 2.75) is 65.2 Å². The van der Waals surface area contributed by atoms with Crippen LogP contribution in [0.3, 0.4) is 0 Å². The third kappa shape index (κ3) is 6.55. The van der Waals surface area contributed by atoms with E-state index in [1.165, 1.54) is 0 Å². The van der Waals surface area contributed by atoms with Crippen LogP contribution in [0, 0.1) is 18.8 Å². The van der Waals surface area contributed by atoms with Crippen LogP contribution in [0.2, 0.25) is 0 Å². The summed E-state index contributed by atoms with van der Waals surface area (Å²) in [5, 5.41) is 13.5. The van der Waals surface area contributed by atoms with Gasteiger partial charge in [0.2, 0.25) is 5.91 Å². The molecule has 8 heteroatoms. The third-order valence-electron chi connectivity index (χ3n) is 9.42. The van der Waals surface area contributed by atoms with Gasteiger partial charge in [0.25, 0.3) is 5.91 Å². The van der Waals surface area contributed by atoms with Gasteiger partial charge in [-0.25, -0.2) is 0 Å². The Balaban J connectivity index is 1.19. The van der Waals surface area contributed by atoms with Crippen molar-refractivity contribution in [2.24, 2.45) is 11.8 Å². The maximum atomic E-state index is 14.2. The van der Waals surface area contributed by atoms with Crippen LogP contribution in [0.15, 0.2) is 35.0 Å². The number of aliphatic hydroxyl groups is 1. The molecule has 2 unspecified atom stereocenters. The number of aromatic nitrogens is 1. The summed E-state index contributed by atoms with van der Waals surface area (Å²) >= 11 is 0. The van der Waals surface area contributed by atoms with Crippen LogP contribution in [0.1, 0.15) is 77.5 Å². The first-order valence-corrected chi connectivity index (χ1v) is 16.0. The zero-order chi connectivity index (χ0) is 29.9. The Hall–Kier alpha value is -3.49. The summed E-state index contributed by atoms with van der Waals surface area (Å²) in [6.45, 7) is 7.96. The van der Waals surface area contributed by atoms with E-state index in [1.807, 2.05) is 24.0 Å². The van der Waals surface area contributed by atoms with Crippen LogP contribution in [0.5, 0.6) is 0 Å². The summed E-state index contributed by atoms with van der Waals surface area (Å²) < 4.78 is 5.65. The van der Waals surface area contributed by atoms with Gasteiger partial charge in [-0.1, -0.05) is 13.0 Å². The molecule has 1 aliphatic heterocycles. The zero-order valence-corrected chi connectivity index (χ0v) is 25.5. The van der Waals surface area contributed by atoms with E-state index in [9.17, 15) is 14.7 Å². The number of fused-ring (bicyclic) bond motifs is 3. The average Bonchev–Trinajstić information content (AvgIpc) is 3.48. The van der Waals surface area contributed by atoms with E-state index in [0.717, 1.165) is 103 Å². The summed E-state index contributed by atoms with van der Waals surface area (Å²) in [5.74, 6) is 0.808. The lowest BCUT2D eigenvalue weighted by Crippen LogP contribution is -2.49. The van der Waals surface area contributed by atoms with Gasteiger partial charge >= 0.3 is 0 Å². The summed E-state index contributed by atoms with van der Waals surface area (Å²) in [7, 11) is 0. The molecule has 1 fully saturated rings. The molecule has 2 aliphatic carbocycles. The molecule has 1 aromatic carbocycles. The summed E-state index contributed by atoms with van der Waals surface area (Å²) in [5.41, 5.74) is 7.68. The number of β-amino-alcohol motifs (C(OH)–C–C–N with tert-alkyl or cyclic N) is 1. The fourth-order valence-electron chi connectivity index (χ4n) is 7.20. The largest absolute Gasteiger partial charge is 0.462 e. The number of allylic oxidation sites excluding steroid dienone is 1. The maximum absolute atomic E-state index is 14.2. The van der Waals surface area contributed by atoms with E-state index < -0.39 is 0 Å². The Bertz CT molecular complexity index is 1520. The van der Waals surface area contributed by atoms with Crippen molar-refractivity contribution in [2.75, 3.05) is 44.6 Å². The monoisotopic (exact) mass is 584 g/mol. The first-order valence-electron chi connectivity index (χ1n) is 16.0. The first-order chi connectivity index (χ1) is 20.9. The lowest BCUT2D eigenvalue weighted by molar-refractivity contribution is -0.117. The van der Waals surface area contributed by atoms with Crippen LogP contribution >= 0.6 is 0 Å². The lowest BCUT2D eigenvalue weighted by atomic mass is 9.85. The van der Waals surface area contributed by atoms with E-state index in [1.54, 1.807) is 6.26 Å². The number of rotatable bonds is 6. The topological polar surface area (TPSA) is 98.9 Å². The molecule has 2 atom stereocenters. The highest BCUT2D eigenvalue weighted by atomic mass is 16.3. The van der Waals surface area contributed by atoms with E-state index in [0.29, 0.717) is 37.6 Å². The first kappa shape index (κ1) is 29.6. The maximum Gasteiger partial charge on any atom is 0.254 e. The molecule has 2 N–H and O–H groups in total. The van der Waals surface area contributed by atoms with Crippen LogP contribution in [-0.2, 0) is 24.1 Å². The summed E-state index contributed by atoms with van der Waals surface area (Å²) in [4.78, 5) is 36.8. The number of furan rings is 1. The van der Waals surface area contributed by atoms with Crippen molar-refractivity contribution < 1.29 is 19.1 Å². The Morgan fingerprint density at radius 1 is 1.09 bits per heavy atom. The number of nitrogens with zero attached hydrogens (tertiary/aromatic N) is 3. The van der Waals surface area contributed by atoms with Gasteiger partial charge < -0.3 is 19.7 Å². The van der Waals surface area contributed by atoms with Crippen molar-refractivity contribution in [1.29, 1.82) is 0 Å². The van der Waals surface area contributed by atoms with Gasteiger partial charge in [0, 0.05) is 55.8 Å². The van der Waals surface area contributed by atoms with Gasteiger partial charge in [-0.3, -0.25) is 19.5 Å². The highest BCUT2D eigenvalue weighted by Gasteiger charge is 2.31. The molecular formula is C35H44N4O4. The number of piperazine rings is 1. The van der Waals surface area contributed by atoms with Crippen LogP contribution in [-0.4, -0.2) is 71.0 Å². The number of aliphatic hydroxyl groups excluding tert-OH is 1. The summed E-state index contributed by atoms with van der Waals surface area (Å²) in [6.07, 6.45) is 12.7. The highest BCUT2D eigenvalue weighted by molar-refractivity contribution is 6.00. The molecule has 0 radical (unpaired) electrons. The summed E-state index contributed by atoms with van der Waals surface area (Å²) in [6, 6.07) is 5.95. The Morgan fingerprint density at radius 2 is 1.88 bits per heavy atom. The van der Waals surface area contributed by atoms with Crippen LogP contribution < -0.4 is 5.32 Å². The molecule has 8 nitrogen and oxygen atoms in total. The third-order valence-corrected chi connectivity index (χ3v) is 9.42. The molecular weight excluding hydrogens is 540 g/mol. The fraction of sp³-hybridized carbons (Fsp3) is 0.514. The van der Waals surface area contributed by atoms with E-state index in [4.69, 9.17) is 9.40 Å². The number of hydrogen-bond donors (Lipinski definition) is 2. The number of hydrogen-bond acceptors (Lipinski definition) is 6. The van der Waals surface area contributed by atoms with Gasteiger partial charge in [0.15, 0.2) is 5.58 Å². The SMILES string of the molecule is Cc1cc(NC(=O)CC2CCCc3nc4c(c(C(=O)N5CCN(CCO)CC5)c3CCC2)CC(C)C=C4)c2occc2c1. The van der Waals surface area contributed by atoms with Crippen molar-refractivity contribution >= 4 is 34.5 Å². The molecule has 3 aromatic rings. The second kappa shape index (κ2) is 13.0. The number of carbonyl (C=O) groups is 2. The van der Waals surface area contributed by atoms with Gasteiger partial charge in [-0.05, 0) is 105 Å². The average molecular weight is 585 g/mol. The van der Waals surface area contributed by atoms with E-state index in [2.05, 4.69) is 35.4 Å². The number of nitrogens with one attached hydrogen (secondary N) is 1. The molecule has 2 aromatic heterocycles. The second-order valence-corrected chi connectivity index (χ2v) is 12.7. The van der Waals surface area contributed by atoms with Crippen molar-refractivity contribution in [3.8, 4) is 0 Å². The molecule has 228 valence electrons. The molecule has 1 saturated heterocycles. The van der Waals surface area contributed by atoms with Crippen molar-refractivity contribution in [3.05, 3.63) is 64.2 Å². The lowest BCUT2D eigenvalue weighted by Gasteiger charge is -2.35. The standard InChI is InChI=1S/C35H44N4O4/c1-23-9-10-30-28(20-23)33(35(42)39-14-12-38(13-15-39)16-17-40)27-7-3-5-25(6-4-8-29(27)36-30)22-32(41)37-31-21-24(2)19-26-11-18-43-34(26)31/h9-11,18-19,21,23,25,40H,3-8,12-17,20,22H2,1-2H3,(H,37,41). The molecule has 43 heavy (non-hydrogen) atoms. The molecule has 0 spiro atoms. The van der Waals surface area contributed by atoms with Gasteiger partial charge in [-0.2, -0.15) is 0 Å². The Labute approximate surface area is 254 Å². The number of amides is 2. The van der Waals surface area contributed by atoms with E-state index in [-0.39, 0.29) is 24.3 Å². The van der Waals surface area contributed by atoms with Gasteiger partial charge in [-0.15, -0.1) is 0 Å². The van der Waals surface area contributed by atoms with E-state index >= 15 is 0 Å². The van der Waals surface area contributed by atoms with Crippen LogP contribution in [0.4, 0.5) is 5.69 Å². The fourth-order valence-corrected chi connectivity index (χ4v) is 7.20. The Kier molecular flexibility index (Phi) is 8.96. The predicted octanol–water partition coefficient (Wildman–Crippen LogP) is 5.40. The number of benzene rings is 1. The minimum atomic E-state index is 0.0222. The number of aryl methyl sites for hydroxylation is 2. The predicted molar refractivity (Wildman–Crippen MR) is 169 cm³/mol. The highest BCUT2D eigenvalue weighted by Crippen LogP contribution is 2.34. The molecule has 0 saturated carbocycles. The molecule has 3 aliphatic rings. The number of pyridine rings is 1. The smallest absolute Gasteiger partial charge is 0.254 e. The molecule has 6 rings (SSSR count). The van der Waals surface area contributed by atoms with Gasteiger partial charge in [0.1, 0.15) is 0 Å². The molecule has 3 heterocycles. The normalized spacial score (nSPS) is 21.0. The van der Waals surface area contributed by atoms with Crippen molar-refractivity contribution in [3.63, 3.8) is 0 Å². The minimum absolute atomic E-state index is 0.0222. The van der Waals surface area contributed by atoms with Gasteiger partial charge in [0.05, 0.1) is 24.3 Å².